The molecule has 0 aliphatic carbocycles. The number of carbonyl (C=O) groups excluding carboxylic acids is 1. The second-order valence-corrected chi connectivity index (χ2v) is 4.58. The van der Waals surface area contributed by atoms with Crippen molar-refractivity contribution in [3.63, 3.8) is 0 Å². The highest BCUT2D eigenvalue weighted by atomic mass is 19.2. The molecule has 0 aliphatic rings. The van der Waals surface area contributed by atoms with Gasteiger partial charge in [0, 0.05) is 0 Å². The summed E-state index contributed by atoms with van der Waals surface area (Å²) in [6, 6.07) is 4.92. The van der Waals surface area contributed by atoms with Crippen LogP contribution in [0.15, 0.2) is 29.4 Å². The van der Waals surface area contributed by atoms with Crippen molar-refractivity contribution in [3.05, 3.63) is 70.3 Å². The summed E-state index contributed by atoms with van der Waals surface area (Å²) in [5.74, 6) is -11.9. The molecular weight excluding hydrogens is 338 g/mol. The lowest BCUT2D eigenvalue weighted by Crippen LogP contribution is -2.20. The average molecular weight is 346 g/mol. The molecule has 0 saturated carbocycles. The molecular formula is C15H8F6N2O. The monoisotopic (exact) mass is 346 g/mol. The first-order valence-corrected chi connectivity index (χ1v) is 6.39. The quantitative estimate of drug-likeness (QED) is 0.298. The van der Waals surface area contributed by atoms with E-state index in [9.17, 15) is 31.1 Å². The molecule has 0 bridgehead atoms. The Morgan fingerprint density at radius 2 is 1.38 bits per heavy atom. The van der Waals surface area contributed by atoms with Gasteiger partial charge in [0.25, 0.3) is 0 Å². The smallest absolute Gasteiger partial charge is 0.244 e. The first kappa shape index (κ1) is 17.5. The number of halogens is 6. The van der Waals surface area contributed by atoms with Gasteiger partial charge in [-0.25, -0.2) is 31.8 Å². The summed E-state index contributed by atoms with van der Waals surface area (Å²) in [4.78, 5) is 11.5. The highest BCUT2D eigenvalue weighted by molar-refractivity contribution is 5.83. The van der Waals surface area contributed by atoms with E-state index in [0.29, 0.717) is 11.8 Å². The van der Waals surface area contributed by atoms with Gasteiger partial charge in [0.2, 0.25) is 11.7 Å². The number of hydrogen-bond donors (Lipinski definition) is 1. The van der Waals surface area contributed by atoms with Crippen LogP contribution in [0.3, 0.4) is 0 Å². The van der Waals surface area contributed by atoms with E-state index in [1.165, 1.54) is 12.1 Å². The van der Waals surface area contributed by atoms with Crippen molar-refractivity contribution < 1.29 is 31.1 Å². The van der Waals surface area contributed by atoms with E-state index in [-0.39, 0.29) is 6.42 Å². The third-order valence-electron chi connectivity index (χ3n) is 2.90. The largest absolute Gasteiger partial charge is 0.273 e. The van der Waals surface area contributed by atoms with Crippen LogP contribution >= 0.6 is 0 Å². The van der Waals surface area contributed by atoms with E-state index >= 15 is 0 Å². The number of nitrogens with zero attached hydrogens (tertiary/aromatic N) is 1. The zero-order valence-electron chi connectivity index (χ0n) is 11.7. The van der Waals surface area contributed by atoms with E-state index < -0.39 is 46.4 Å². The van der Waals surface area contributed by atoms with Crippen molar-refractivity contribution in [1.82, 2.24) is 5.43 Å². The van der Waals surface area contributed by atoms with Crippen LogP contribution in [-0.2, 0) is 11.2 Å². The van der Waals surface area contributed by atoms with E-state index in [4.69, 9.17) is 0 Å². The molecule has 2 aromatic rings. The molecule has 0 fully saturated rings. The third-order valence-corrected chi connectivity index (χ3v) is 2.90. The summed E-state index contributed by atoms with van der Waals surface area (Å²) in [5, 5.41) is 3.15. The van der Waals surface area contributed by atoms with Gasteiger partial charge in [0.05, 0.1) is 18.2 Å². The van der Waals surface area contributed by atoms with Gasteiger partial charge in [-0.05, 0) is 17.7 Å². The van der Waals surface area contributed by atoms with Gasteiger partial charge >= 0.3 is 0 Å². The van der Waals surface area contributed by atoms with Crippen molar-refractivity contribution in [2.75, 3.05) is 0 Å². The van der Waals surface area contributed by atoms with E-state index in [1.54, 1.807) is 0 Å². The van der Waals surface area contributed by atoms with Gasteiger partial charge in [0.15, 0.2) is 23.3 Å². The number of amides is 1. The van der Waals surface area contributed by atoms with Crippen molar-refractivity contribution in [3.8, 4) is 0 Å². The maximum atomic E-state index is 13.4. The molecule has 0 heterocycles. The molecule has 2 rings (SSSR count). The van der Waals surface area contributed by atoms with Crippen molar-refractivity contribution in [1.29, 1.82) is 0 Å². The SMILES string of the molecule is O=C(Cc1ccc(F)cc1)N/N=C/c1c(F)c(F)c(F)c(F)c1F. The highest BCUT2D eigenvalue weighted by Crippen LogP contribution is 2.21. The predicted molar refractivity (Wildman–Crippen MR) is 72.1 cm³/mol. The Kier molecular flexibility index (Phi) is 5.22. The Balaban J connectivity index is 2.09. The van der Waals surface area contributed by atoms with Crippen LogP contribution in [-0.4, -0.2) is 12.1 Å². The highest BCUT2D eigenvalue weighted by Gasteiger charge is 2.24. The molecule has 24 heavy (non-hydrogen) atoms. The van der Waals surface area contributed by atoms with Crippen LogP contribution in [0.2, 0.25) is 0 Å². The van der Waals surface area contributed by atoms with Gasteiger partial charge in [-0.15, -0.1) is 0 Å². The van der Waals surface area contributed by atoms with Gasteiger partial charge < -0.3 is 0 Å². The molecule has 0 spiro atoms. The minimum absolute atomic E-state index is 0.227. The number of hydrogen-bond acceptors (Lipinski definition) is 2. The van der Waals surface area contributed by atoms with Crippen LogP contribution in [0.4, 0.5) is 26.3 Å². The molecule has 126 valence electrons. The Morgan fingerprint density at radius 1 is 0.875 bits per heavy atom. The molecule has 2 aromatic carbocycles. The zero-order valence-corrected chi connectivity index (χ0v) is 11.7. The predicted octanol–water partition coefficient (Wildman–Crippen LogP) is 3.21. The van der Waals surface area contributed by atoms with Gasteiger partial charge in [0.1, 0.15) is 5.82 Å². The van der Waals surface area contributed by atoms with Crippen LogP contribution in [0.1, 0.15) is 11.1 Å². The number of nitrogens with one attached hydrogen (secondary N) is 1. The van der Waals surface area contributed by atoms with E-state index in [0.717, 1.165) is 12.1 Å². The lowest BCUT2D eigenvalue weighted by Gasteiger charge is -2.04. The van der Waals surface area contributed by atoms with Crippen LogP contribution in [0, 0.1) is 34.9 Å². The molecule has 0 radical (unpaired) electrons. The summed E-state index contributed by atoms with van der Waals surface area (Å²) in [7, 11) is 0. The average Bonchev–Trinajstić information content (AvgIpc) is 2.56. The Hall–Kier alpha value is -2.84. The molecule has 3 nitrogen and oxygen atoms in total. The van der Waals surface area contributed by atoms with Crippen LogP contribution in [0.25, 0.3) is 0 Å². The molecule has 1 N–H and O–H groups in total. The molecule has 0 unspecified atom stereocenters. The van der Waals surface area contributed by atoms with Gasteiger partial charge in [-0.1, -0.05) is 12.1 Å². The van der Waals surface area contributed by atoms with Crippen molar-refractivity contribution in [2.24, 2.45) is 5.10 Å². The topological polar surface area (TPSA) is 41.5 Å². The zero-order chi connectivity index (χ0) is 17.9. The fourth-order valence-corrected chi connectivity index (χ4v) is 1.73. The van der Waals surface area contributed by atoms with Crippen molar-refractivity contribution in [2.45, 2.75) is 6.42 Å². The fraction of sp³-hybridized carbons (Fsp3) is 0.0667. The summed E-state index contributed by atoms with van der Waals surface area (Å²) in [5.41, 5.74) is 1.01. The minimum Gasteiger partial charge on any atom is -0.273 e. The maximum absolute atomic E-state index is 13.4. The summed E-state index contributed by atoms with van der Waals surface area (Å²) >= 11 is 0. The molecule has 0 aliphatic heterocycles. The minimum atomic E-state index is -2.29. The molecule has 0 aromatic heterocycles. The second-order valence-electron chi connectivity index (χ2n) is 4.58. The summed E-state index contributed by atoms with van der Waals surface area (Å²) in [6.07, 6.45) is 0.0769. The fourth-order valence-electron chi connectivity index (χ4n) is 1.73. The van der Waals surface area contributed by atoms with Gasteiger partial charge in [-0.3, -0.25) is 4.79 Å². The second kappa shape index (κ2) is 7.16. The normalized spacial score (nSPS) is 11.1. The molecule has 9 heteroatoms. The Morgan fingerprint density at radius 3 is 1.92 bits per heavy atom. The molecule has 0 atom stereocenters. The summed E-state index contributed by atoms with van der Waals surface area (Å²) < 4.78 is 78.2. The Labute approximate surface area is 131 Å². The van der Waals surface area contributed by atoms with Crippen LogP contribution < -0.4 is 5.43 Å². The first-order valence-electron chi connectivity index (χ1n) is 6.39. The molecule has 1 amide bonds. The van der Waals surface area contributed by atoms with Gasteiger partial charge in [-0.2, -0.15) is 5.10 Å². The number of rotatable bonds is 4. The van der Waals surface area contributed by atoms with E-state index in [2.05, 4.69) is 5.10 Å². The lowest BCUT2D eigenvalue weighted by molar-refractivity contribution is -0.120. The maximum Gasteiger partial charge on any atom is 0.244 e. The summed E-state index contributed by atoms with van der Waals surface area (Å²) in [6.45, 7) is 0. The third kappa shape index (κ3) is 3.73. The lowest BCUT2D eigenvalue weighted by atomic mass is 10.1. The Bertz CT molecular complexity index is 776. The number of hydrazone groups is 1. The number of benzene rings is 2. The standard InChI is InChI=1S/C15H8F6N2O/c16-8-3-1-7(2-4-8)5-10(24)23-22-6-9-11(17)13(19)15(21)14(20)12(9)18/h1-4,6H,5H2,(H,23,24)/b22-6+. The van der Waals surface area contributed by atoms with Crippen LogP contribution in [0.5, 0.6) is 0 Å². The van der Waals surface area contributed by atoms with E-state index in [1.807, 2.05) is 5.43 Å². The first-order chi connectivity index (χ1) is 11.3. The molecule has 0 saturated heterocycles. The number of carbonyl (C=O) groups is 1. The van der Waals surface area contributed by atoms with Crippen molar-refractivity contribution >= 4 is 12.1 Å².